The molecular formula is C12H14N2O4S. The minimum Gasteiger partial charge on any atom is -0.711 e. The molecule has 6 nitrogen and oxygen atoms in total. The number of aliphatic hydroxyl groups is 1. The second-order valence-electron chi connectivity index (χ2n) is 4.24. The predicted molar refractivity (Wildman–Crippen MR) is 70.0 cm³/mol. The van der Waals surface area contributed by atoms with Crippen molar-refractivity contribution >= 4 is 20.7 Å². The highest BCUT2D eigenvalue weighted by molar-refractivity contribution is 7.90. The Bertz CT molecular complexity index is 713. The molecule has 1 aromatic heterocycles. The van der Waals surface area contributed by atoms with E-state index in [2.05, 4.69) is 4.98 Å². The topological polar surface area (TPSA) is 94.2 Å². The molecule has 1 N–H and O–H groups in total. The maximum absolute atomic E-state index is 12.0. The third-order valence-electron chi connectivity index (χ3n) is 2.83. The second kappa shape index (κ2) is 5.10. The molecular weight excluding hydrogens is 268 g/mol. The number of sulfone groups is 1. The molecule has 1 heterocycles. The first-order chi connectivity index (χ1) is 8.94. The first-order valence-corrected chi connectivity index (χ1v) is 7.56. The summed E-state index contributed by atoms with van der Waals surface area (Å²) in [4.78, 5) is 4.09. The van der Waals surface area contributed by atoms with E-state index in [-0.39, 0.29) is 11.6 Å². The lowest BCUT2D eigenvalue weighted by molar-refractivity contribution is -0.621. The summed E-state index contributed by atoms with van der Waals surface area (Å²) in [5.74, 6) is -0.909. The Morgan fingerprint density at radius 3 is 2.74 bits per heavy atom. The second-order valence-corrected chi connectivity index (χ2v) is 6.42. The molecule has 0 unspecified atom stereocenters. The van der Waals surface area contributed by atoms with Gasteiger partial charge in [-0.1, -0.05) is 12.1 Å². The van der Waals surface area contributed by atoms with E-state index in [0.29, 0.717) is 21.3 Å². The summed E-state index contributed by atoms with van der Waals surface area (Å²) in [6.45, 7) is 1.16. The monoisotopic (exact) mass is 282 g/mol. The largest absolute Gasteiger partial charge is 0.711 e. The van der Waals surface area contributed by atoms with Crippen LogP contribution in [0.2, 0.25) is 0 Å². The van der Waals surface area contributed by atoms with Crippen LogP contribution in [0, 0.1) is 12.1 Å². The average Bonchev–Trinajstić information content (AvgIpc) is 2.35. The minimum absolute atomic E-state index is 0.0651. The molecule has 0 aliphatic carbocycles. The van der Waals surface area contributed by atoms with Gasteiger partial charge in [-0.25, -0.2) is 13.1 Å². The Labute approximate surface area is 110 Å². The standard InChI is InChI=1S/C12H14N2O4S/c1-9-10-4-2-3-5-11(10)13-12(14(9)16)8-19(17,18)7-6-15/h2-5,15H,6-8H2,1H3. The average molecular weight is 282 g/mol. The summed E-state index contributed by atoms with van der Waals surface area (Å²) < 4.78 is 23.8. The Kier molecular flexibility index (Phi) is 3.68. The first-order valence-electron chi connectivity index (χ1n) is 5.73. The number of para-hydroxylation sites is 1. The van der Waals surface area contributed by atoms with Gasteiger partial charge in [-0.05, 0) is 24.0 Å². The molecule has 0 atom stereocenters. The number of hydrogen-bond donors (Lipinski definition) is 1. The van der Waals surface area contributed by atoms with E-state index >= 15 is 0 Å². The van der Waals surface area contributed by atoms with E-state index < -0.39 is 22.2 Å². The molecule has 0 fully saturated rings. The van der Waals surface area contributed by atoms with Gasteiger partial charge in [0.15, 0.2) is 21.1 Å². The van der Waals surface area contributed by atoms with Crippen LogP contribution in [0.5, 0.6) is 0 Å². The highest BCUT2D eigenvalue weighted by Gasteiger charge is 2.22. The SMILES string of the molecule is Cc1c2ccccc2nc(CS(=O)(=O)CCO)[n+]1[O-]. The van der Waals surface area contributed by atoms with Gasteiger partial charge in [0.05, 0.1) is 17.7 Å². The molecule has 102 valence electrons. The van der Waals surface area contributed by atoms with Gasteiger partial charge in [-0.3, -0.25) is 0 Å². The number of aryl methyl sites for hydroxylation is 1. The van der Waals surface area contributed by atoms with E-state index in [1.54, 1.807) is 31.2 Å². The summed E-state index contributed by atoms with van der Waals surface area (Å²) in [7, 11) is -3.53. The fraction of sp³-hybridized carbons (Fsp3) is 0.333. The lowest BCUT2D eigenvalue weighted by atomic mass is 10.2. The Morgan fingerprint density at radius 1 is 1.37 bits per heavy atom. The normalized spacial score (nSPS) is 11.9. The summed E-state index contributed by atoms with van der Waals surface area (Å²) in [6.07, 6.45) is 0. The van der Waals surface area contributed by atoms with Crippen molar-refractivity contribution in [2.45, 2.75) is 12.7 Å². The fourth-order valence-electron chi connectivity index (χ4n) is 1.86. The number of aromatic nitrogens is 2. The van der Waals surface area contributed by atoms with Crippen LogP contribution >= 0.6 is 0 Å². The predicted octanol–water partition coefficient (Wildman–Crippen LogP) is 0.0837. The molecule has 0 aliphatic heterocycles. The van der Waals surface area contributed by atoms with Gasteiger partial charge in [0, 0.05) is 0 Å². The van der Waals surface area contributed by atoms with Crippen LogP contribution in [0.15, 0.2) is 24.3 Å². The zero-order valence-corrected chi connectivity index (χ0v) is 11.2. The minimum atomic E-state index is -3.53. The van der Waals surface area contributed by atoms with Crippen molar-refractivity contribution in [3.63, 3.8) is 0 Å². The lowest BCUT2D eigenvalue weighted by Crippen LogP contribution is -2.38. The van der Waals surface area contributed by atoms with Gasteiger partial charge >= 0.3 is 5.82 Å². The zero-order chi connectivity index (χ0) is 14.0. The molecule has 0 saturated heterocycles. The molecule has 0 amide bonds. The molecule has 1 aromatic carbocycles. The number of aliphatic hydroxyl groups excluding tert-OH is 1. The van der Waals surface area contributed by atoms with Gasteiger partial charge < -0.3 is 10.3 Å². The van der Waals surface area contributed by atoms with Crippen molar-refractivity contribution < 1.29 is 18.3 Å². The Morgan fingerprint density at radius 2 is 2.05 bits per heavy atom. The van der Waals surface area contributed by atoms with Crippen molar-refractivity contribution in [3.05, 3.63) is 41.0 Å². The van der Waals surface area contributed by atoms with Crippen LogP contribution in [-0.2, 0) is 15.6 Å². The zero-order valence-electron chi connectivity index (χ0n) is 10.4. The van der Waals surface area contributed by atoms with E-state index in [1.807, 2.05) is 0 Å². The number of rotatable bonds is 4. The smallest absolute Gasteiger partial charge is 0.317 e. The quantitative estimate of drug-likeness (QED) is 0.633. The fourth-order valence-corrected chi connectivity index (χ4v) is 2.86. The third-order valence-corrected chi connectivity index (χ3v) is 4.34. The number of hydrogen-bond acceptors (Lipinski definition) is 5. The van der Waals surface area contributed by atoms with Crippen LogP contribution in [0.25, 0.3) is 10.9 Å². The molecule has 0 aliphatic rings. The van der Waals surface area contributed by atoms with Crippen LogP contribution < -0.4 is 4.73 Å². The molecule has 2 rings (SSSR count). The number of nitrogens with zero attached hydrogens (tertiary/aromatic N) is 2. The summed E-state index contributed by atoms with van der Waals surface area (Å²) in [5.41, 5.74) is 1.00. The van der Waals surface area contributed by atoms with Crippen molar-refractivity contribution in [3.8, 4) is 0 Å². The summed E-state index contributed by atoms with van der Waals surface area (Å²) >= 11 is 0. The van der Waals surface area contributed by atoms with Crippen molar-refractivity contribution in [1.29, 1.82) is 0 Å². The number of fused-ring (bicyclic) bond motifs is 1. The highest BCUT2D eigenvalue weighted by atomic mass is 32.2. The molecule has 0 bridgehead atoms. The van der Waals surface area contributed by atoms with Crippen molar-refractivity contribution in [1.82, 2.24) is 4.98 Å². The van der Waals surface area contributed by atoms with Crippen molar-refractivity contribution in [2.24, 2.45) is 0 Å². The van der Waals surface area contributed by atoms with Crippen LogP contribution in [0.4, 0.5) is 0 Å². The number of benzene rings is 1. The maximum Gasteiger partial charge on any atom is 0.317 e. The molecule has 0 saturated carbocycles. The lowest BCUT2D eigenvalue weighted by Gasteiger charge is -2.11. The van der Waals surface area contributed by atoms with Gasteiger partial charge in [-0.15, -0.1) is 0 Å². The summed E-state index contributed by atoms with van der Waals surface area (Å²) in [5, 5.41) is 21.4. The van der Waals surface area contributed by atoms with Crippen molar-refractivity contribution in [2.75, 3.05) is 12.4 Å². The van der Waals surface area contributed by atoms with Gasteiger partial charge in [0.25, 0.3) is 0 Å². The van der Waals surface area contributed by atoms with Crippen LogP contribution in [-0.4, -0.2) is 30.9 Å². The summed E-state index contributed by atoms with van der Waals surface area (Å²) in [6, 6.07) is 7.05. The van der Waals surface area contributed by atoms with Crippen LogP contribution in [0.3, 0.4) is 0 Å². The highest BCUT2D eigenvalue weighted by Crippen LogP contribution is 2.14. The van der Waals surface area contributed by atoms with Crippen LogP contribution in [0.1, 0.15) is 11.5 Å². The van der Waals surface area contributed by atoms with E-state index in [1.165, 1.54) is 0 Å². The van der Waals surface area contributed by atoms with Gasteiger partial charge in [0.2, 0.25) is 0 Å². The molecule has 0 spiro atoms. The first kappa shape index (κ1) is 13.7. The Hall–Kier alpha value is -1.73. The maximum atomic E-state index is 12.0. The van der Waals surface area contributed by atoms with E-state index in [4.69, 9.17) is 5.11 Å². The molecule has 0 radical (unpaired) electrons. The molecule has 7 heteroatoms. The van der Waals surface area contributed by atoms with Gasteiger partial charge in [-0.2, -0.15) is 0 Å². The molecule has 19 heavy (non-hydrogen) atoms. The van der Waals surface area contributed by atoms with E-state index in [0.717, 1.165) is 0 Å². The third kappa shape index (κ3) is 2.82. The Balaban J connectivity index is 2.53. The van der Waals surface area contributed by atoms with Gasteiger partial charge in [0.1, 0.15) is 5.69 Å². The van der Waals surface area contributed by atoms with E-state index in [9.17, 15) is 13.6 Å². The molecule has 2 aromatic rings.